The third kappa shape index (κ3) is 6.77. The van der Waals surface area contributed by atoms with Crippen molar-refractivity contribution < 1.29 is 14.9 Å². The van der Waals surface area contributed by atoms with E-state index in [1.54, 1.807) is 25.1 Å². The first kappa shape index (κ1) is 17.5. The zero-order valence-corrected chi connectivity index (χ0v) is 13.2. The fraction of sp³-hybridized carbons (Fsp3) is 0.571. The van der Waals surface area contributed by atoms with Gasteiger partial charge in [0.25, 0.3) is 0 Å². The monoisotopic (exact) mass is 321 g/mol. The van der Waals surface area contributed by atoms with Crippen LogP contribution in [-0.2, 0) is 0 Å². The van der Waals surface area contributed by atoms with Crippen LogP contribution in [0.1, 0.15) is 20.3 Å². The molecule has 4 nitrogen and oxygen atoms in total. The molecule has 1 rings (SSSR count). The Kier molecular flexibility index (Phi) is 7.62. The molecule has 0 amide bonds. The Balaban J connectivity index is 2.30. The Hall–Kier alpha value is -0.520. The zero-order chi connectivity index (χ0) is 15.1. The highest BCUT2D eigenvalue weighted by Crippen LogP contribution is 2.27. The molecular weight excluding hydrogens is 301 g/mol. The second-order valence-corrected chi connectivity index (χ2v) is 5.78. The van der Waals surface area contributed by atoms with Crippen LogP contribution in [0.4, 0.5) is 0 Å². The van der Waals surface area contributed by atoms with Crippen LogP contribution in [-0.4, -0.2) is 41.6 Å². The first-order valence-corrected chi connectivity index (χ1v) is 7.31. The van der Waals surface area contributed by atoms with Gasteiger partial charge in [0.15, 0.2) is 0 Å². The van der Waals surface area contributed by atoms with Crippen molar-refractivity contribution in [2.24, 2.45) is 0 Å². The largest absolute Gasteiger partial charge is 0.489 e. The minimum absolute atomic E-state index is 0.128. The van der Waals surface area contributed by atoms with E-state index in [9.17, 15) is 10.2 Å². The molecule has 0 aliphatic heterocycles. The summed E-state index contributed by atoms with van der Waals surface area (Å²) in [6, 6.07) is 5.07. The van der Waals surface area contributed by atoms with Gasteiger partial charge < -0.3 is 20.3 Å². The molecule has 0 saturated carbocycles. The highest BCUT2D eigenvalue weighted by atomic mass is 35.5. The van der Waals surface area contributed by atoms with E-state index in [0.29, 0.717) is 28.8 Å². The fourth-order valence-electron chi connectivity index (χ4n) is 1.77. The molecule has 114 valence electrons. The van der Waals surface area contributed by atoms with Crippen LogP contribution in [0.2, 0.25) is 10.0 Å². The average molecular weight is 322 g/mol. The molecule has 0 aliphatic rings. The summed E-state index contributed by atoms with van der Waals surface area (Å²) in [4.78, 5) is 0. The van der Waals surface area contributed by atoms with Gasteiger partial charge in [-0.3, -0.25) is 0 Å². The maximum atomic E-state index is 9.82. The number of halogens is 2. The van der Waals surface area contributed by atoms with Crippen molar-refractivity contribution in [3.63, 3.8) is 0 Å². The first-order valence-electron chi connectivity index (χ1n) is 6.56. The van der Waals surface area contributed by atoms with Crippen molar-refractivity contribution in [2.75, 3.05) is 13.2 Å². The molecule has 0 saturated heterocycles. The van der Waals surface area contributed by atoms with E-state index in [1.165, 1.54) is 0 Å². The Labute approximate surface area is 129 Å². The maximum Gasteiger partial charge on any atom is 0.138 e. The van der Waals surface area contributed by atoms with E-state index in [0.717, 1.165) is 0 Å². The van der Waals surface area contributed by atoms with Crippen molar-refractivity contribution >= 4 is 23.2 Å². The topological polar surface area (TPSA) is 61.7 Å². The lowest BCUT2D eigenvalue weighted by Crippen LogP contribution is -2.37. The summed E-state index contributed by atoms with van der Waals surface area (Å²) in [6.45, 7) is 4.21. The molecule has 20 heavy (non-hydrogen) atoms. The Bertz CT molecular complexity index is 415. The maximum absolute atomic E-state index is 9.82. The molecule has 0 fully saturated rings. The van der Waals surface area contributed by atoms with E-state index in [2.05, 4.69) is 5.32 Å². The van der Waals surface area contributed by atoms with Crippen LogP contribution in [0.25, 0.3) is 0 Å². The summed E-state index contributed by atoms with van der Waals surface area (Å²) in [7, 11) is 0. The van der Waals surface area contributed by atoms with Gasteiger partial charge in [0, 0.05) is 17.6 Å². The Morgan fingerprint density at radius 1 is 1.25 bits per heavy atom. The van der Waals surface area contributed by atoms with Crippen LogP contribution in [0.3, 0.4) is 0 Å². The summed E-state index contributed by atoms with van der Waals surface area (Å²) >= 11 is 11.7. The lowest BCUT2D eigenvalue weighted by molar-refractivity contribution is 0.100. The van der Waals surface area contributed by atoms with Gasteiger partial charge in [-0.1, -0.05) is 23.2 Å². The molecule has 0 aliphatic carbocycles. The summed E-state index contributed by atoms with van der Waals surface area (Å²) in [5, 5.41) is 23.1. The van der Waals surface area contributed by atoms with Crippen LogP contribution in [0.5, 0.6) is 5.75 Å². The van der Waals surface area contributed by atoms with Gasteiger partial charge in [0.1, 0.15) is 18.5 Å². The molecule has 1 aromatic carbocycles. The molecule has 6 heteroatoms. The minimum Gasteiger partial charge on any atom is -0.489 e. The molecule has 1 aromatic rings. The lowest BCUT2D eigenvalue weighted by atomic mass is 10.1. The van der Waals surface area contributed by atoms with E-state index >= 15 is 0 Å². The van der Waals surface area contributed by atoms with Crippen molar-refractivity contribution in [1.82, 2.24) is 5.32 Å². The van der Waals surface area contributed by atoms with Crippen molar-refractivity contribution in [1.29, 1.82) is 0 Å². The summed E-state index contributed by atoms with van der Waals surface area (Å²) in [5.74, 6) is 0.493. The van der Waals surface area contributed by atoms with E-state index in [1.807, 2.05) is 6.92 Å². The Morgan fingerprint density at radius 2 is 1.95 bits per heavy atom. The number of aliphatic hydroxyl groups is 2. The van der Waals surface area contributed by atoms with E-state index < -0.39 is 6.10 Å². The molecule has 0 bridgehead atoms. The molecule has 0 radical (unpaired) electrons. The van der Waals surface area contributed by atoms with Gasteiger partial charge >= 0.3 is 0 Å². The smallest absolute Gasteiger partial charge is 0.138 e. The van der Waals surface area contributed by atoms with E-state index in [-0.39, 0.29) is 18.8 Å². The lowest BCUT2D eigenvalue weighted by Gasteiger charge is -2.18. The summed E-state index contributed by atoms with van der Waals surface area (Å²) < 4.78 is 5.44. The van der Waals surface area contributed by atoms with Gasteiger partial charge in [-0.05, 0) is 38.5 Å². The molecule has 0 aromatic heterocycles. The highest BCUT2D eigenvalue weighted by molar-refractivity contribution is 6.35. The SMILES string of the molecule is CC(O)CC(C)NCC(O)COc1ccc(Cl)cc1Cl. The molecular formula is C14H21Cl2NO3. The molecule has 3 unspecified atom stereocenters. The second-order valence-electron chi connectivity index (χ2n) is 4.93. The summed E-state index contributed by atoms with van der Waals surface area (Å²) in [5.41, 5.74) is 0. The third-order valence-electron chi connectivity index (χ3n) is 2.72. The zero-order valence-electron chi connectivity index (χ0n) is 11.6. The number of hydrogen-bond donors (Lipinski definition) is 3. The minimum atomic E-state index is -0.654. The second kappa shape index (κ2) is 8.70. The summed E-state index contributed by atoms with van der Waals surface area (Å²) in [6.07, 6.45) is -0.381. The van der Waals surface area contributed by atoms with Crippen molar-refractivity contribution in [3.8, 4) is 5.75 Å². The quantitative estimate of drug-likeness (QED) is 0.688. The Morgan fingerprint density at radius 3 is 2.55 bits per heavy atom. The van der Waals surface area contributed by atoms with Gasteiger partial charge in [-0.25, -0.2) is 0 Å². The highest BCUT2D eigenvalue weighted by Gasteiger charge is 2.11. The third-order valence-corrected chi connectivity index (χ3v) is 3.25. The van der Waals surface area contributed by atoms with Gasteiger partial charge in [0.05, 0.1) is 11.1 Å². The van der Waals surface area contributed by atoms with Crippen LogP contribution >= 0.6 is 23.2 Å². The number of ether oxygens (including phenoxy) is 1. The number of aliphatic hydroxyl groups excluding tert-OH is 2. The van der Waals surface area contributed by atoms with Crippen molar-refractivity contribution in [2.45, 2.75) is 38.5 Å². The van der Waals surface area contributed by atoms with Crippen LogP contribution < -0.4 is 10.1 Å². The number of hydrogen-bond acceptors (Lipinski definition) is 4. The fourth-order valence-corrected chi connectivity index (χ4v) is 2.23. The predicted molar refractivity (Wildman–Crippen MR) is 81.7 cm³/mol. The predicted octanol–water partition coefficient (Wildman–Crippen LogP) is 2.48. The average Bonchev–Trinajstić information content (AvgIpc) is 2.34. The molecule has 0 spiro atoms. The van der Waals surface area contributed by atoms with Crippen molar-refractivity contribution in [3.05, 3.63) is 28.2 Å². The van der Waals surface area contributed by atoms with Crippen LogP contribution in [0, 0.1) is 0 Å². The normalized spacial score (nSPS) is 15.7. The molecule has 3 N–H and O–H groups in total. The van der Waals surface area contributed by atoms with Gasteiger partial charge in [-0.15, -0.1) is 0 Å². The van der Waals surface area contributed by atoms with Gasteiger partial charge in [-0.2, -0.15) is 0 Å². The number of rotatable bonds is 8. The molecule has 0 heterocycles. The standard InChI is InChI=1S/C14H21Cl2NO3/c1-9(5-10(2)18)17-7-12(19)8-20-14-4-3-11(15)6-13(14)16/h3-4,6,9-10,12,17-19H,5,7-8H2,1-2H3. The molecule has 3 atom stereocenters. The number of nitrogens with one attached hydrogen (secondary N) is 1. The van der Waals surface area contributed by atoms with E-state index in [4.69, 9.17) is 27.9 Å². The number of benzene rings is 1. The first-order chi connectivity index (χ1) is 9.38. The van der Waals surface area contributed by atoms with Crippen LogP contribution in [0.15, 0.2) is 18.2 Å². The van der Waals surface area contributed by atoms with Gasteiger partial charge in [0.2, 0.25) is 0 Å².